The van der Waals surface area contributed by atoms with Gasteiger partial charge in [0.15, 0.2) is 0 Å². The van der Waals surface area contributed by atoms with Crippen molar-refractivity contribution in [3.05, 3.63) is 59.7 Å². The molecule has 0 aromatic heterocycles. The van der Waals surface area contributed by atoms with Gasteiger partial charge >= 0.3 is 6.18 Å². The van der Waals surface area contributed by atoms with Gasteiger partial charge in [0.1, 0.15) is 5.75 Å². The number of carbonyl (C=O) groups is 1. The summed E-state index contributed by atoms with van der Waals surface area (Å²) < 4.78 is 43.4. The van der Waals surface area contributed by atoms with Gasteiger partial charge in [-0.05, 0) is 49.9 Å². The first-order chi connectivity index (χ1) is 12.2. The molecule has 26 heavy (non-hydrogen) atoms. The van der Waals surface area contributed by atoms with E-state index in [1.165, 1.54) is 12.1 Å². The van der Waals surface area contributed by atoms with Crippen molar-refractivity contribution in [1.29, 1.82) is 0 Å². The van der Waals surface area contributed by atoms with Gasteiger partial charge in [-0.15, -0.1) is 0 Å². The van der Waals surface area contributed by atoms with Crippen LogP contribution < -0.4 is 10.1 Å². The molecule has 4 nitrogen and oxygen atoms in total. The van der Waals surface area contributed by atoms with Crippen LogP contribution in [0.3, 0.4) is 0 Å². The van der Waals surface area contributed by atoms with Crippen molar-refractivity contribution < 1.29 is 22.7 Å². The highest BCUT2D eigenvalue weighted by Crippen LogP contribution is 2.30. The molecule has 0 saturated carbocycles. The number of anilines is 1. The number of amides is 1. The molecule has 0 heterocycles. The first kappa shape index (κ1) is 19.8. The Labute approximate surface area is 150 Å². The first-order valence-electron chi connectivity index (χ1n) is 8.02. The van der Waals surface area contributed by atoms with Crippen molar-refractivity contribution in [1.82, 2.24) is 4.90 Å². The van der Waals surface area contributed by atoms with E-state index in [0.717, 1.165) is 23.4 Å². The number of rotatable bonds is 6. The quantitative estimate of drug-likeness (QED) is 0.834. The van der Waals surface area contributed by atoms with Gasteiger partial charge in [0, 0.05) is 12.2 Å². The Kier molecular flexibility index (Phi) is 6.26. The summed E-state index contributed by atoms with van der Waals surface area (Å²) in [5.74, 6) is 0.368. The predicted octanol–water partition coefficient (Wildman–Crippen LogP) is 4.17. The van der Waals surface area contributed by atoms with Crippen molar-refractivity contribution >= 4 is 11.6 Å². The van der Waals surface area contributed by atoms with Crippen molar-refractivity contribution in [2.75, 3.05) is 19.5 Å². The van der Waals surface area contributed by atoms with E-state index < -0.39 is 17.8 Å². The number of alkyl halides is 3. The lowest BCUT2D eigenvalue weighted by Crippen LogP contribution is -2.39. The van der Waals surface area contributed by atoms with E-state index in [4.69, 9.17) is 4.74 Å². The predicted molar refractivity (Wildman–Crippen MR) is 94.0 cm³/mol. The lowest BCUT2D eigenvalue weighted by Gasteiger charge is -2.24. The highest BCUT2D eigenvalue weighted by molar-refractivity contribution is 5.94. The molecule has 0 radical (unpaired) electrons. The Morgan fingerprint density at radius 1 is 1.19 bits per heavy atom. The maximum absolute atomic E-state index is 12.8. The molecule has 140 valence electrons. The Bertz CT molecular complexity index is 745. The largest absolute Gasteiger partial charge is 0.497 e. The lowest BCUT2D eigenvalue weighted by atomic mass is 10.1. The van der Waals surface area contributed by atoms with Crippen molar-refractivity contribution in [2.45, 2.75) is 25.7 Å². The van der Waals surface area contributed by atoms with Gasteiger partial charge in [-0.2, -0.15) is 13.2 Å². The molecule has 0 spiro atoms. The number of halogens is 3. The van der Waals surface area contributed by atoms with Crippen LogP contribution in [0.25, 0.3) is 0 Å². The molecule has 0 saturated heterocycles. The van der Waals surface area contributed by atoms with Gasteiger partial charge in [-0.1, -0.05) is 18.2 Å². The molecule has 1 amide bonds. The van der Waals surface area contributed by atoms with Crippen LogP contribution in [0.2, 0.25) is 0 Å². The molecule has 2 rings (SSSR count). The second-order valence-corrected chi connectivity index (χ2v) is 6.01. The van der Waals surface area contributed by atoms with Crippen molar-refractivity contribution in [3.8, 4) is 5.75 Å². The number of nitrogens with one attached hydrogen (secondary N) is 1. The average Bonchev–Trinajstić information content (AvgIpc) is 2.61. The van der Waals surface area contributed by atoms with E-state index in [1.54, 1.807) is 21.1 Å². The zero-order chi connectivity index (χ0) is 19.3. The molecule has 0 aliphatic rings. The number of hydrogen-bond acceptors (Lipinski definition) is 3. The molecular weight excluding hydrogens is 345 g/mol. The first-order valence-corrected chi connectivity index (χ1v) is 8.02. The van der Waals surface area contributed by atoms with Gasteiger partial charge in [0.25, 0.3) is 0 Å². The number of ether oxygens (including phenoxy) is 1. The fourth-order valence-electron chi connectivity index (χ4n) is 2.38. The smallest absolute Gasteiger partial charge is 0.416 e. The molecule has 1 atom stereocenters. The van der Waals surface area contributed by atoms with Crippen LogP contribution in [0.5, 0.6) is 5.75 Å². The minimum absolute atomic E-state index is 0.120. The average molecular weight is 366 g/mol. The Morgan fingerprint density at radius 3 is 2.42 bits per heavy atom. The Hall–Kier alpha value is -2.54. The minimum Gasteiger partial charge on any atom is -0.497 e. The monoisotopic (exact) mass is 366 g/mol. The topological polar surface area (TPSA) is 41.6 Å². The number of benzene rings is 2. The number of carbonyl (C=O) groups excluding carboxylic acids is 1. The third-order valence-electron chi connectivity index (χ3n) is 4.09. The van der Waals surface area contributed by atoms with Crippen LogP contribution in [0.1, 0.15) is 18.1 Å². The molecule has 7 heteroatoms. The van der Waals surface area contributed by atoms with Crippen LogP contribution in [0, 0.1) is 0 Å². The zero-order valence-corrected chi connectivity index (χ0v) is 14.8. The normalized spacial score (nSPS) is 12.7. The van der Waals surface area contributed by atoms with E-state index in [1.807, 2.05) is 29.2 Å². The van der Waals surface area contributed by atoms with E-state index in [2.05, 4.69) is 5.32 Å². The molecule has 0 aliphatic heterocycles. The summed E-state index contributed by atoms with van der Waals surface area (Å²) in [7, 11) is 3.36. The highest BCUT2D eigenvalue weighted by atomic mass is 19.4. The number of methoxy groups -OCH3 is 1. The fraction of sp³-hybridized carbons (Fsp3) is 0.316. The highest BCUT2D eigenvalue weighted by Gasteiger charge is 2.30. The molecule has 0 aliphatic carbocycles. The van der Waals surface area contributed by atoms with Gasteiger partial charge in [0.05, 0.1) is 18.7 Å². The van der Waals surface area contributed by atoms with Crippen LogP contribution in [0.15, 0.2) is 48.5 Å². The zero-order valence-electron chi connectivity index (χ0n) is 14.8. The second kappa shape index (κ2) is 8.23. The molecule has 0 bridgehead atoms. The van der Waals surface area contributed by atoms with Gasteiger partial charge in [-0.3, -0.25) is 9.69 Å². The van der Waals surface area contributed by atoms with Gasteiger partial charge < -0.3 is 10.1 Å². The van der Waals surface area contributed by atoms with Crippen LogP contribution >= 0.6 is 0 Å². The van der Waals surface area contributed by atoms with E-state index in [0.29, 0.717) is 6.54 Å². The van der Waals surface area contributed by atoms with Crippen LogP contribution in [-0.2, 0) is 17.5 Å². The van der Waals surface area contributed by atoms with E-state index >= 15 is 0 Å². The summed E-state index contributed by atoms with van der Waals surface area (Å²) in [4.78, 5) is 14.2. The summed E-state index contributed by atoms with van der Waals surface area (Å²) in [6, 6.07) is 11.5. The third-order valence-corrected chi connectivity index (χ3v) is 4.09. The van der Waals surface area contributed by atoms with Gasteiger partial charge in [0.2, 0.25) is 5.91 Å². The lowest BCUT2D eigenvalue weighted by molar-refractivity contribution is -0.137. The third kappa shape index (κ3) is 5.23. The molecule has 2 aromatic carbocycles. The summed E-state index contributed by atoms with van der Waals surface area (Å²) in [6.45, 7) is 2.22. The van der Waals surface area contributed by atoms with E-state index in [9.17, 15) is 18.0 Å². The molecule has 2 aromatic rings. The Morgan fingerprint density at radius 2 is 1.85 bits per heavy atom. The summed E-state index contributed by atoms with van der Waals surface area (Å²) >= 11 is 0. The summed E-state index contributed by atoms with van der Waals surface area (Å²) in [6.07, 6.45) is -4.45. The van der Waals surface area contributed by atoms with E-state index in [-0.39, 0.29) is 11.6 Å². The molecule has 1 N–H and O–H groups in total. The van der Waals surface area contributed by atoms with Crippen molar-refractivity contribution in [3.63, 3.8) is 0 Å². The summed E-state index contributed by atoms with van der Waals surface area (Å²) in [5, 5.41) is 2.54. The minimum atomic E-state index is -4.45. The number of hydrogen-bond donors (Lipinski definition) is 1. The Balaban J connectivity index is 1.99. The molecule has 0 unspecified atom stereocenters. The maximum atomic E-state index is 12.8. The number of likely N-dealkylation sites (N-methyl/N-ethyl adjacent to an activating group) is 1. The molecule has 0 fully saturated rings. The fourth-order valence-corrected chi connectivity index (χ4v) is 2.38. The van der Waals surface area contributed by atoms with Gasteiger partial charge in [-0.25, -0.2) is 0 Å². The molecular formula is C19H21F3N2O2. The van der Waals surface area contributed by atoms with Crippen LogP contribution in [-0.4, -0.2) is 31.0 Å². The number of nitrogens with zero attached hydrogens (tertiary/aromatic N) is 1. The SMILES string of the molecule is COc1ccc(CN(C)[C@@H](C)C(=O)Nc2cccc(C(F)(F)F)c2)cc1. The maximum Gasteiger partial charge on any atom is 0.416 e. The van der Waals surface area contributed by atoms with Crippen molar-refractivity contribution in [2.24, 2.45) is 0 Å². The van der Waals surface area contributed by atoms with Crippen LogP contribution in [0.4, 0.5) is 18.9 Å². The summed E-state index contributed by atoms with van der Waals surface area (Å²) in [5.41, 5.74) is 0.316. The second-order valence-electron chi connectivity index (χ2n) is 6.01. The standard InChI is InChI=1S/C19H21F3N2O2/c1-13(24(2)12-14-7-9-17(26-3)10-8-14)18(25)23-16-6-4-5-15(11-16)19(20,21)22/h4-11,13H,12H2,1-3H3,(H,23,25)/t13-/m0/s1.